The quantitative estimate of drug-likeness (QED) is 0.651. The Labute approximate surface area is 141 Å². The molecular formula is C18H23AsBrN. The molecule has 1 nitrogen and oxygen atoms in total. The molecule has 0 aromatic heterocycles. The zero-order valence-corrected chi connectivity index (χ0v) is 16.0. The minimum atomic E-state index is -1.79. The van der Waals surface area contributed by atoms with Gasteiger partial charge < -0.3 is 17.0 Å². The molecule has 0 radical (unpaired) electrons. The molecule has 2 aromatic carbocycles. The first-order valence-electron chi connectivity index (χ1n) is 7.43. The third-order valence-corrected chi connectivity index (χ3v) is 13.8. The summed E-state index contributed by atoms with van der Waals surface area (Å²) in [5, 5.41) is 4.18. The van der Waals surface area contributed by atoms with Crippen LogP contribution in [0.4, 0.5) is 0 Å². The van der Waals surface area contributed by atoms with Crippen LogP contribution in [0.5, 0.6) is 0 Å². The molecule has 112 valence electrons. The van der Waals surface area contributed by atoms with Crippen molar-refractivity contribution in [3.63, 3.8) is 0 Å². The number of hydrogen-bond acceptors (Lipinski definition) is 1. The molecule has 21 heavy (non-hydrogen) atoms. The Morgan fingerprint density at radius 1 is 0.857 bits per heavy atom. The van der Waals surface area contributed by atoms with Gasteiger partial charge in [0.2, 0.25) is 0 Å². The smallest absolute Gasteiger partial charge is 1.00 e. The van der Waals surface area contributed by atoms with E-state index in [1.54, 1.807) is 4.35 Å². The van der Waals surface area contributed by atoms with E-state index in [-0.39, 0.29) is 17.0 Å². The van der Waals surface area contributed by atoms with E-state index in [0.29, 0.717) is 0 Å². The third-order valence-electron chi connectivity index (χ3n) is 4.45. The molecule has 0 N–H and O–H groups in total. The Hall–Kier alpha value is -0.562. The summed E-state index contributed by atoms with van der Waals surface area (Å²) in [6.45, 7) is 2.55. The Balaban J connectivity index is 0.00000161. The maximum Gasteiger partial charge on any atom is -1.00 e. The van der Waals surface area contributed by atoms with E-state index in [2.05, 4.69) is 72.6 Å². The molecule has 1 aliphatic rings. The van der Waals surface area contributed by atoms with Crippen molar-refractivity contribution in [1.29, 1.82) is 0 Å². The van der Waals surface area contributed by atoms with Crippen molar-refractivity contribution in [3.05, 3.63) is 66.2 Å². The molecular weight excluding hydrogens is 385 g/mol. The predicted octanol–water partition coefficient (Wildman–Crippen LogP) is 0.0737. The molecule has 0 unspecified atom stereocenters. The number of halogens is 1. The Morgan fingerprint density at radius 2 is 1.38 bits per heavy atom. The van der Waals surface area contributed by atoms with Crippen LogP contribution in [0.1, 0.15) is 5.56 Å². The summed E-state index contributed by atoms with van der Waals surface area (Å²) in [4.78, 5) is 2.49. The van der Waals surface area contributed by atoms with Gasteiger partial charge in [-0.1, -0.05) is 0 Å². The molecule has 2 aromatic rings. The number of hydrogen-bond donors (Lipinski definition) is 0. The van der Waals surface area contributed by atoms with Crippen LogP contribution in [0.15, 0.2) is 60.7 Å². The van der Waals surface area contributed by atoms with Crippen LogP contribution >= 0.6 is 0 Å². The van der Waals surface area contributed by atoms with Gasteiger partial charge in [-0.15, -0.1) is 0 Å². The first kappa shape index (κ1) is 16.8. The van der Waals surface area contributed by atoms with Crippen LogP contribution in [0.3, 0.4) is 0 Å². The van der Waals surface area contributed by atoms with Crippen LogP contribution in [-0.2, 0) is 5.21 Å². The molecule has 0 amide bonds. The fourth-order valence-corrected chi connectivity index (χ4v) is 12.4. The predicted molar refractivity (Wildman–Crippen MR) is 89.1 cm³/mol. The minimum absolute atomic E-state index is 0. The summed E-state index contributed by atoms with van der Waals surface area (Å²) in [7, 11) is 2.26. The molecule has 1 heterocycles. The molecule has 0 bridgehead atoms. The summed E-state index contributed by atoms with van der Waals surface area (Å²) in [5.41, 5.74) is 1.54. The molecule has 0 saturated carbocycles. The van der Waals surface area contributed by atoms with Gasteiger partial charge in [0, 0.05) is 0 Å². The molecule has 3 rings (SSSR count). The SMILES string of the molecule is CN1CC[As+](Cc2ccccc2)(c2ccccc2)CC1.[Br-]. The van der Waals surface area contributed by atoms with Crippen molar-refractivity contribution in [2.75, 3.05) is 20.1 Å². The number of benzene rings is 2. The second kappa shape index (κ2) is 7.63. The average Bonchev–Trinajstić information content (AvgIpc) is 2.52. The van der Waals surface area contributed by atoms with Gasteiger partial charge in [0.25, 0.3) is 0 Å². The van der Waals surface area contributed by atoms with Crippen LogP contribution in [0.2, 0.25) is 10.4 Å². The summed E-state index contributed by atoms with van der Waals surface area (Å²) < 4.78 is 1.68. The monoisotopic (exact) mass is 407 g/mol. The molecule has 0 aliphatic carbocycles. The first-order valence-corrected chi connectivity index (χ1v) is 12.3. The molecule has 1 fully saturated rings. The molecule has 0 spiro atoms. The second-order valence-corrected chi connectivity index (χ2v) is 14.3. The van der Waals surface area contributed by atoms with Crippen molar-refractivity contribution in [3.8, 4) is 0 Å². The molecule has 1 saturated heterocycles. The van der Waals surface area contributed by atoms with E-state index in [1.807, 2.05) is 0 Å². The van der Waals surface area contributed by atoms with E-state index in [4.69, 9.17) is 0 Å². The van der Waals surface area contributed by atoms with Gasteiger partial charge in [-0.05, 0) is 0 Å². The first-order chi connectivity index (χ1) is 9.78. The maximum absolute atomic E-state index is 2.49. The number of rotatable bonds is 3. The standard InChI is InChI=1S/C18H23AsN.BrH/c1-20-14-12-19(13-15-20,18-10-6-3-7-11-18)16-17-8-4-2-5-9-17;/h2-11H,12-16H2,1H3;1H/q+1;/p-1. The van der Waals surface area contributed by atoms with Crippen molar-refractivity contribution in [1.82, 2.24) is 4.90 Å². The van der Waals surface area contributed by atoms with Crippen LogP contribution in [0.25, 0.3) is 0 Å². The average molecular weight is 408 g/mol. The minimum Gasteiger partial charge on any atom is -1.00 e. The van der Waals surface area contributed by atoms with Gasteiger partial charge in [-0.2, -0.15) is 0 Å². The van der Waals surface area contributed by atoms with Crippen molar-refractivity contribution >= 4 is 17.9 Å². The summed E-state index contributed by atoms with van der Waals surface area (Å²) >= 11 is -1.79. The summed E-state index contributed by atoms with van der Waals surface area (Å²) in [6.07, 6.45) is 0. The van der Waals surface area contributed by atoms with Crippen LogP contribution < -0.4 is 21.3 Å². The van der Waals surface area contributed by atoms with E-state index < -0.39 is 13.6 Å². The van der Waals surface area contributed by atoms with E-state index in [1.165, 1.54) is 34.3 Å². The van der Waals surface area contributed by atoms with Crippen molar-refractivity contribution in [2.24, 2.45) is 0 Å². The normalized spacial score (nSPS) is 18.0. The van der Waals surface area contributed by atoms with Crippen LogP contribution in [-0.4, -0.2) is 38.6 Å². The fraction of sp³-hybridized carbons (Fsp3) is 0.333. The molecule has 3 heteroatoms. The van der Waals surface area contributed by atoms with Crippen molar-refractivity contribution in [2.45, 2.75) is 15.6 Å². The van der Waals surface area contributed by atoms with Crippen molar-refractivity contribution < 1.29 is 17.0 Å². The molecule has 0 atom stereocenters. The largest absolute Gasteiger partial charge is 1.00 e. The Kier molecular flexibility index (Phi) is 6.10. The van der Waals surface area contributed by atoms with Gasteiger partial charge in [0.15, 0.2) is 0 Å². The second-order valence-electron chi connectivity index (χ2n) is 5.87. The van der Waals surface area contributed by atoms with Crippen LogP contribution in [0, 0.1) is 0 Å². The Morgan fingerprint density at radius 3 is 1.95 bits per heavy atom. The number of nitrogens with zero attached hydrogens (tertiary/aromatic N) is 1. The van der Waals surface area contributed by atoms with Gasteiger partial charge in [0.1, 0.15) is 0 Å². The summed E-state index contributed by atoms with van der Waals surface area (Å²) in [6, 6.07) is 22.5. The zero-order chi connectivity index (χ0) is 13.8. The van der Waals surface area contributed by atoms with Gasteiger partial charge in [-0.25, -0.2) is 0 Å². The van der Waals surface area contributed by atoms with E-state index >= 15 is 0 Å². The molecule has 1 aliphatic heterocycles. The van der Waals surface area contributed by atoms with E-state index in [0.717, 1.165) is 0 Å². The topological polar surface area (TPSA) is 3.24 Å². The third kappa shape index (κ3) is 4.00. The zero-order valence-electron chi connectivity index (χ0n) is 12.6. The van der Waals surface area contributed by atoms with Gasteiger partial charge in [0.05, 0.1) is 0 Å². The van der Waals surface area contributed by atoms with Gasteiger partial charge in [-0.3, -0.25) is 0 Å². The Bertz CT molecular complexity index is 536. The van der Waals surface area contributed by atoms with E-state index in [9.17, 15) is 0 Å². The fourth-order valence-electron chi connectivity index (χ4n) is 3.13. The van der Waals surface area contributed by atoms with Gasteiger partial charge >= 0.3 is 125 Å². The maximum atomic E-state index is 2.49. The summed E-state index contributed by atoms with van der Waals surface area (Å²) in [5.74, 6) is 0.